The summed E-state index contributed by atoms with van der Waals surface area (Å²) < 4.78 is 25.7. The third-order valence-corrected chi connectivity index (χ3v) is 7.96. The number of sulfonamides is 1. The Kier molecular flexibility index (Phi) is 5.72. The van der Waals surface area contributed by atoms with Crippen LogP contribution >= 0.6 is 0 Å². The average molecular weight is 457 g/mol. The molecule has 32 heavy (non-hydrogen) atoms. The molecule has 2 amide bonds. The van der Waals surface area contributed by atoms with Crippen molar-refractivity contribution < 1.29 is 18.0 Å². The van der Waals surface area contributed by atoms with Gasteiger partial charge < -0.3 is 15.1 Å². The van der Waals surface area contributed by atoms with Gasteiger partial charge in [-0.15, -0.1) is 0 Å². The molecule has 2 saturated heterocycles. The second-order valence-electron chi connectivity index (χ2n) is 9.05. The van der Waals surface area contributed by atoms with Crippen LogP contribution in [-0.4, -0.2) is 64.1 Å². The van der Waals surface area contributed by atoms with Crippen molar-refractivity contribution in [1.82, 2.24) is 4.90 Å². The molecule has 0 aliphatic carbocycles. The Hall–Kier alpha value is -2.91. The molecule has 9 heteroatoms. The summed E-state index contributed by atoms with van der Waals surface area (Å²) >= 11 is 0. The van der Waals surface area contributed by atoms with Gasteiger partial charge in [0.2, 0.25) is 15.9 Å². The van der Waals surface area contributed by atoms with Crippen LogP contribution < -0.4 is 14.5 Å². The van der Waals surface area contributed by atoms with Gasteiger partial charge in [-0.2, -0.15) is 0 Å². The predicted octanol–water partition coefficient (Wildman–Crippen LogP) is 2.39. The molecular formula is C23H28N4O4S. The van der Waals surface area contributed by atoms with Crippen LogP contribution in [0.15, 0.2) is 48.5 Å². The van der Waals surface area contributed by atoms with E-state index in [1.165, 1.54) is 24.3 Å². The van der Waals surface area contributed by atoms with Gasteiger partial charge in [0.05, 0.1) is 16.9 Å². The second-order valence-corrected chi connectivity index (χ2v) is 10.9. The molecule has 8 nitrogen and oxygen atoms in total. The lowest BCUT2D eigenvalue weighted by molar-refractivity contribution is -0.123. The summed E-state index contributed by atoms with van der Waals surface area (Å²) in [6, 6.07) is 13.8. The van der Waals surface area contributed by atoms with E-state index in [0.717, 1.165) is 36.2 Å². The summed E-state index contributed by atoms with van der Waals surface area (Å²) in [6.45, 7) is 7.22. The van der Waals surface area contributed by atoms with Gasteiger partial charge in [-0.05, 0) is 69.4 Å². The molecule has 2 aliphatic rings. The van der Waals surface area contributed by atoms with Gasteiger partial charge in [-0.25, -0.2) is 12.7 Å². The van der Waals surface area contributed by atoms with Gasteiger partial charge >= 0.3 is 0 Å². The van der Waals surface area contributed by atoms with E-state index in [1.54, 1.807) is 13.8 Å². The average Bonchev–Trinajstić information content (AvgIpc) is 2.91. The van der Waals surface area contributed by atoms with Crippen LogP contribution in [0.5, 0.6) is 0 Å². The van der Waals surface area contributed by atoms with Gasteiger partial charge in [-0.3, -0.25) is 9.59 Å². The number of rotatable bonds is 4. The van der Waals surface area contributed by atoms with Gasteiger partial charge in [0, 0.05) is 43.1 Å². The fourth-order valence-electron chi connectivity index (χ4n) is 4.03. The summed E-state index contributed by atoms with van der Waals surface area (Å²) in [7, 11) is -1.60. The van der Waals surface area contributed by atoms with Crippen molar-refractivity contribution in [3.05, 3.63) is 54.1 Å². The summed E-state index contributed by atoms with van der Waals surface area (Å²) in [5.74, 6) is -0.999. The monoisotopic (exact) mass is 456 g/mol. The fourth-order valence-corrected chi connectivity index (χ4v) is 6.14. The van der Waals surface area contributed by atoms with Gasteiger partial charge in [0.15, 0.2) is 0 Å². The summed E-state index contributed by atoms with van der Waals surface area (Å²) in [5, 5.41) is 2.86. The van der Waals surface area contributed by atoms with Gasteiger partial charge in [0.1, 0.15) is 0 Å². The zero-order chi connectivity index (χ0) is 23.1. The van der Waals surface area contributed by atoms with Crippen molar-refractivity contribution >= 4 is 38.9 Å². The molecule has 0 spiro atoms. The van der Waals surface area contributed by atoms with Crippen LogP contribution in [0, 0.1) is 5.41 Å². The minimum atomic E-state index is -3.72. The van der Waals surface area contributed by atoms with E-state index in [1.807, 2.05) is 24.3 Å². The van der Waals surface area contributed by atoms with Crippen LogP contribution in [0.2, 0.25) is 0 Å². The standard InChI is InChI=1S/C23H28N4O4S/c1-23(2)16-32(30,31)27(22(23)29)20-8-4-17(5-9-20)21(28)24-18-6-10-19(11-7-18)26-14-12-25(3)13-15-26/h4-11H,12-16H2,1-3H3,(H,24,28). The molecule has 2 fully saturated rings. The van der Waals surface area contributed by atoms with E-state index in [9.17, 15) is 18.0 Å². The molecule has 0 saturated carbocycles. The first-order chi connectivity index (χ1) is 15.1. The van der Waals surface area contributed by atoms with E-state index in [2.05, 4.69) is 22.2 Å². The van der Waals surface area contributed by atoms with E-state index in [4.69, 9.17) is 0 Å². The van der Waals surface area contributed by atoms with Crippen molar-refractivity contribution in [3.63, 3.8) is 0 Å². The maximum Gasteiger partial charge on any atom is 0.255 e. The molecule has 2 aliphatic heterocycles. The Balaban J connectivity index is 1.43. The Bertz CT molecular complexity index is 1120. The molecule has 0 radical (unpaired) electrons. The molecule has 0 atom stereocenters. The van der Waals surface area contributed by atoms with E-state index in [0.29, 0.717) is 11.3 Å². The molecule has 2 heterocycles. The minimum Gasteiger partial charge on any atom is -0.369 e. The lowest BCUT2D eigenvalue weighted by Crippen LogP contribution is -2.44. The highest BCUT2D eigenvalue weighted by Crippen LogP contribution is 2.35. The number of anilines is 3. The molecule has 0 unspecified atom stereocenters. The highest BCUT2D eigenvalue weighted by atomic mass is 32.2. The Morgan fingerprint density at radius 3 is 2.00 bits per heavy atom. The maximum absolute atomic E-state index is 12.6. The second kappa shape index (κ2) is 8.22. The number of nitrogens with one attached hydrogen (secondary N) is 1. The summed E-state index contributed by atoms with van der Waals surface area (Å²) in [6.07, 6.45) is 0. The Labute approximate surface area is 188 Å². The van der Waals surface area contributed by atoms with Crippen LogP contribution in [0.3, 0.4) is 0 Å². The minimum absolute atomic E-state index is 0.231. The normalized spacial score (nSPS) is 20.4. The molecule has 4 rings (SSSR count). The molecule has 2 aromatic rings. The lowest BCUT2D eigenvalue weighted by atomic mass is 9.95. The fraction of sp³-hybridized carbons (Fsp3) is 0.391. The zero-order valence-corrected chi connectivity index (χ0v) is 19.4. The number of amides is 2. The molecule has 0 bridgehead atoms. The third-order valence-electron chi connectivity index (χ3n) is 5.94. The number of piperazine rings is 1. The number of nitrogens with zero attached hydrogens (tertiary/aromatic N) is 3. The zero-order valence-electron chi connectivity index (χ0n) is 18.5. The van der Waals surface area contributed by atoms with Crippen molar-refractivity contribution in [2.45, 2.75) is 13.8 Å². The van der Waals surface area contributed by atoms with Crippen molar-refractivity contribution in [2.24, 2.45) is 5.41 Å². The van der Waals surface area contributed by atoms with E-state index >= 15 is 0 Å². The van der Waals surface area contributed by atoms with Gasteiger partial charge in [0.25, 0.3) is 5.91 Å². The third kappa shape index (κ3) is 4.35. The van der Waals surface area contributed by atoms with Crippen molar-refractivity contribution in [2.75, 3.05) is 53.5 Å². The molecule has 2 aromatic carbocycles. The first kappa shape index (κ1) is 22.3. The molecule has 170 valence electrons. The molecule has 1 N–H and O–H groups in total. The van der Waals surface area contributed by atoms with Gasteiger partial charge in [-0.1, -0.05) is 0 Å². The Morgan fingerprint density at radius 2 is 1.47 bits per heavy atom. The molecule has 0 aromatic heterocycles. The number of benzene rings is 2. The van der Waals surface area contributed by atoms with E-state index in [-0.39, 0.29) is 17.3 Å². The number of hydrogen-bond acceptors (Lipinski definition) is 6. The number of likely N-dealkylation sites (N-methyl/N-ethyl adjacent to an activating group) is 1. The number of hydrogen-bond donors (Lipinski definition) is 1. The highest BCUT2D eigenvalue weighted by Gasteiger charge is 2.49. The smallest absolute Gasteiger partial charge is 0.255 e. The van der Waals surface area contributed by atoms with Crippen LogP contribution in [0.1, 0.15) is 24.2 Å². The summed E-state index contributed by atoms with van der Waals surface area (Å²) in [5.41, 5.74) is 1.45. The maximum atomic E-state index is 12.6. The summed E-state index contributed by atoms with van der Waals surface area (Å²) in [4.78, 5) is 29.8. The van der Waals surface area contributed by atoms with Crippen LogP contribution in [0.4, 0.5) is 17.1 Å². The van der Waals surface area contributed by atoms with Crippen molar-refractivity contribution in [3.8, 4) is 0 Å². The SMILES string of the molecule is CN1CCN(c2ccc(NC(=O)c3ccc(N4C(=O)C(C)(C)CS4(=O)=O)cc3)cc2)CC1. The number of carbonyl (C=O) groups is 2. The van der Waals surface area contributed by atoms with E-state index < -0.39 is 21.3 Å². The van der Waals surface area contributed by atoms with Crippen molar-refractivity contribution in [1.29, 1.82) is 0 Å². The lowest BCUT2D eigenvalue weighted by Gasteiger charge is -2.34. The highest BCUT2D eigenvalue weighted by molar-refractivity contribution is 7.94. The Morgan fingerprint density at radius 1 is 0.906 bits per heavy atom. The molecular weight excluding hydrogens is 428 g/mol. The quantitative estimate of drug-likeness (QED) is 0.760. The largest absolute Gasteiger partial charge is 0.369 e. The topological polar surface area (TPSA) is 90.0 Å². The number of carbonyl (C=O) groups excluding carboxylic acids is 2. The first-order valence-corrected chi connectivity index (χ1v) is 12.2. The predicted molar refractivity (Wildman–Crippen MR) is 126 cm³/mol. The van der Waals surface area contributed by atoms with Crippen LogP contribution in [0.25, 0.3) is 0 Å². The van der Waals surface area contributed by atoms with Crippen LogP contribution in [-0.2, 0) is 14.8 Å². The first-order valence-electron chi connectivity index (χ1n) is 10.6.